The first-order chi connectivity index (χ1) is 10.3. The van der Waals surface area contributed by atoms with Crippen molar-refractivity contribution in [2.24, 2.45) is 0 Å². The number of hydrogen-bond donors (Lipinski definition) is 1. The van der Waals surface area contributed by atoms with Gasteiger partial charge in [0.1, 0.15) is 5.75 Å². The topological polar surface area (TPSA) is 41.7 Å². The van der Waals surface area contributed by atoms with E-state index in [1.165, 1.54) is 11.4 Å². The van der Waals surface area contributed by atoms with Crippen molar-refractivity contribution in [1.82, 2.24) is 0 Å². The van der Waals surface area contributed by atoms with E-state index in [-0.39, 0.29) is 0 Å². The van der Waals surface area contributed by atoms with E-state index in [2.05, 4.69) is 28.0 Å². The van der Waals surface area contributed by atoms with E-state index in [1.54, 1.807) is 7.11 Å². The van der Waals surface area contributed by atoms with Crippen LogP contribution in [0.15, 0.2) is 48.5 Å². The lowest BCUT2D eigenvalue weighted by Gasteiger charge is -2.37. The third-order valence-electron chi connectivity index (χ3n) is 3.94. The van der Waals surface area contributed by atoms with Crippen LogP contribution in [0.2, 0.25) is 0 Å². The van der Waals surface area contributed by atoms with Crippen molar-refractivity contribution in [3.8, 4) is 5.75 Å². The molecular weight excluding hydrogens is 262 g/mol. The number of hydrogen-bond acceptors (Lipinski definition) is 4. The van der Waals surface area contributed by atoms with E-state index in [1.807, 2.05) is 30.3 Å². The summed E-state index contributed by atoms with van der Waals surface area (Å²) in [5, 5.41) is 0. The summed E-state index contributed by atoms with van der Waals surface area (Å²) in [5.41, 5.74) is 9.06. The Morgan fingerprint density at radius 2 is 1.62 bits per heavy atom. The molecule has 0 radical (unpaired) electrons. The van der Waals surface area contributed by atoms with Crippen molar-refractivity contribution >= 4 is 17.1 Å². The predicted octanol–water partition coefficient (Wildman–Crippen LogP) is 2.60. The molecule has 2 aromatic carbocycles. The predicted molar refractivity (Wildman–Crippen MR) is 88.3 cm³/mol. The Labute approximate surface area is 125 Å². The van der Waals surface area contributed by atoms with Crippen LogP contribution in [0.1, 0.15) is 0 Å². The van der Waals surface area contributed by atoms with E-state index in [0.29, 0.717) is 0 Å². The molecule has 4 nitrogen and oxygen atoms in total. The Morgan fingerprint density at radius 1 is 0.905 bits per heavy atom. The first-order valence-corrected chi connectivity index (χ1v) is 7.26. The first kappa shape index (κ1) is 13.6. The van der Waals surface area contributed by atoms with Crippen LogP contribution in [0.5, 0.6) is 5.75 Å². The number of nitrogens with zero attached hydrogens (tertiary/aromatic N) is 2. The zero-order chi connectivity index (χ0) is 14.7. The fourth-order valence-corrected chi connectivity index (χ4v) is 2.82. The van der Waals surface area contributed by atoms with E-state index < -0.39 is 0 Å². The normalized spacial score (nSPS) is 15.1. The molecule has 1 heterocycles. The van der Waals surface area contributed by atoms with Gasteiger partial charge in [-0.25, -0.2) is 0 Å². The number of piperazine rings is 1. The highest BCUT2D eigenvalue weighted by Crippen LogP contribution is 2.29. The van der Waals surface area contributed by atoms with Crippen molar-refractivity contribution in [3.05, 3.63) is 48.5 Å². The molecule has 2 aromatic rings. The number of nitrogen functional groups attached to an aromatic ring is 1. The lowest BCUT2D eigenvalue weighted by molar-refractivity contribution is 0.413. The van der Waals surface area contributed by atoms with E-state index in [0.717, 1.165) is 37.6 Å². The number of methoxy groups -OCH3 is 1. The molecule has 110 valence electrons. The third kappa shape index (κ3) is 2.89. The van der Waals surface area contributed by atoms with Gasteiger partial charge in [0, 0.05) is 37.6 Å². The molecule has 0 atom stereocenters. The fraction of sp³-hybridized carbons (Fsp3) is 0.294. The van der Waals surface area contributed by atoms with Gasteiger partial charge in [-0.2, -0.15) is 0 Å². The van der Waals surface area contributed by atoms with E-state index in [4.69, 9.17) is 10.5 Å². The zero-order valence-corrected chi connectivity index (χ0v) is 12.3. The average Bonchev–Trinajstić information content (AvgIpc) is 2.55. The monoisotopic (exact) mass is 283 g/mol. The molecule has 1 fully saturated rings. The lowest BCUT2D eigenvalue weighted by atomic mass is 10.2. The number of ether oxygens (including phenoxy) is 1. The zero-order valence-electron chi connectivity index (χ0n) is 12.3. The molecule has 0 unspecified atom stereocenters. The Kier molecular flexibility index (Phi) is 3.86. The highest BCUT2D eigenvalue weighted by Gasteiger charge is 2.19. The number of nitrogens with two attached hydrogens (primary N) is 1. The molecule has 0 spiro atoms. The van der Waals surface area contributed by atoms with Crippen molar-refractivity contribution in [1.29, 1.82) is 0 Å². The van der Waals surface area contributed by atoms with Crippen LogP contribution in [0.3, 0.4) is 0 Å². The molecule has 3 rings (SSSR count). The molecule has 1 saturated heterocycles. The smallest absolute Gasteiger partial charge is 0.142 e. The molecule has 0 bridgehead atoms. The highest BCUT2D eigenvalue weighted by atomic mass is 16.5. The Morgan fingerprint density at radius 3 is 2.33 bits per heavy atom. The molecule has 4 heteroatoms. The number of rotatable bonds is 3. The SMILES string of the molecule is COc1ccccc1N1CCN(c2cccc(N)c2)CC1. The summed E-state index contributed by atoms with van der Waals surface area (Å²) in [4.78, 5) is 4.75. The minimum atomic E-state index is 0.819. The molecular formula is C17H21N3O. The van der Waals surface area contributed by atoms with Crippen LogP contribution in [0, 0.1) is 0 Å². The maximum absolute atomic E-state index is 5.87. The Balaban J connectivity index is 1.70. The second-order valence-electron chi connectivity index (χ2n) is 5.24. The van der Waals surface area contributed by atoms with Crippen LogP contribution in [-0.4, -0.2) is 33.3 Å². The second-order valence-corrected chi connectivity index (χ2v) is 5.24. The standard InChI is InChI=1S/C17H21N3O/c1-21-17-8-3-2-7-16(17)20-11-9-19(10-12-20)15-6-4-5-14(18)13-15/h2-8,13H,9-12,18H2,1H3. The van der Waals surface area contributed by atoms with Gasteiger partial charge in [-0.3, -0.25) is 0 Å². The average molecular weight is 283 g/mol. The summed E-state index contributed by atoms with van der Waals surface area (Å²) in [6.07, 6.45) is 0. The molecule has 1 aliphatic rings. The first-order valence-electron chi connectivity index (χ1n) is 7.26. The van der Waals surface area contributed by atoms with Crippen LogP contribution in [0.25, 0.3) is 0 Å². The minimum absolute atomic E-state index is 0.819. The Bertz CT molecular complexity index is 606. The number of benzene rings is 2. The van der Waals surface area contributed by atoms with Crippen molar-refractivity contribution in [2.45, 2.75) is 0 Å². The maximum Gasteiger partial charge on any atom is 0.142 e. The summed E-state index contributed by atoms with van der Waals surface area (Å²) in [6.45, 7) is 3.94. The van der Waals surface area contributed by atoms with E-state index >= 15 is 0 Å². The van der Waals surface area contributed by atoms with Gasteiger partial charge in [-0.05, 0) is 30.3 Å². The van der Waals surface area contributed by atoms with Gasteiger partial charge >= 0.3 is 0 Å². The molecule has 0 amide bonds. The van der Waals surface area contributed by atoms with Crippen molar-refractivity contribution in [2.75, 3.05) is 48.8 Å². The quantitative estimate of drug-likeness (QED) is 0.879. The van der Waals surface area contributed by atoms with Gasteiger partial charge in [0.05, 0.1) is 12.8 Å². The molecule has 1 aliphatic heterocycles. The summed E-state index contributed by atoms with van der Waals surface area (Å²) in [7, 11) is 1.72. The highest BCUT2D eigenvalue weighted by molar-refractivity contribution is 5.61. The molecule has 0 aromatic heterocycles. The van der Waals surface area contributed by atoms with Gasteiger partial charge < -0.3 is 20.3 Å². The van der Waals surface area contributed by atoms with Gasteiger partial charge in [-0.1, -0.05) is 18.2 Å². The van der Waals surface area contributed by atoms with Gasteiger partial charge in [-0.15, -0.1) is 0 Å². The van der Waals surface area contributed by atoms with Gasteiger partial charge in [0.25, 0.3) is 0 Å². The summed E-state index contributed by atoms with van der Waals surface area (Å²) in [5.74, 6) is 0.940. The minimum Gasteiger partial charge on any atom is -0.495 e. The van der Waals surface area contributed by atoms with Crippen LogP contribution < -0.4 is 20.3 Å². The van der Waals surface area contributed by atoms with Gasteiger partial charge in [0.2, 0.25) is 0 Å². The number of para-hydroxylation sites is 2. The molecule has 0 aliphatic carbocycles. The molecule has 21 heavy (non-hydrogen) atoms. The van der Waals surface area contributed by atoms with Gasteiger partial charge in [0.15, 0.2) is 0 Å². The second kappa shape index (κ2) is 5.95. The van der Waals surface area contributed by atoms with Crippen molar-refractivity contribution < 1.29 is 4.74 Å². The summed E-state index contributed by atoms with van der Waals surface area (Å²) < 4.78 is 5.45. The van der Waals surface area contributed by atoms with Crippen LogP contribution >= 0.6 is 0 Å². The molecule has 2 N–H and O–H groups in total. The lowest BCUT2D eigenvalue weighted by Crippen LogP contribution is -2.46. The third-order valence-corrected chi connectivity index (χ3v) is 3.94. The van der Waals surface area contributed by atoms with Crippen molar-refractivity contribution in [3.63, 3.8) is 0 Å². The number of anilines is 3. The van der Waals surface area contributed by atoms with Crippen LogP contribution in [-0.2, 0) is 0 Å². The molecule has 0 saturated carbocycles. The fourth-order valence-electron chi connectivity index (χ4n) is 2.82. The Hall–Kier alpha value is -2.36. The summed E-state index contributed by atoms with van der Waals surface area (Å²) in [6, 6.07) is 16.3. The largest absolute Gasteiger partial charge is 0.495 e. The van der Waals surface area contributed by atoms with E-state index in [9.17, 15) is 0 Å². The summed E-state index contributed by atoms with van der Waals surface area (Å²) >= 11 is 0. The maximum atomic E-state index is 5.87. The van der Waals surface area contributed by atoms with Crippen LogP contribution in [0.4, 0.5) is 17.1 Å².